The molecule has 3 saturated carbocycles. The molecule has 2 heterocycles. The van der Waals surface area contributed by atoms with Gasteiger partial charge in [0.1, 0.15) is 5.69 Å². The third-order valence-corrected chi connectivity index (χ3v) is 6.70. The quantitative estimate of drug-likeness (QED) is 0.880. The lowest BCUT2D eigenvalue weighted by Crippen LogP contribution is -2.60. The van der Waals surface area contributed by atoms with E-state index < -0.39 is 0 Å². The number of aromatic nitrogens is 2. The van der Waals surface area contributed by atoms with Crippen LogP contribution in [0.15, 0.2) is 12.3 Å². The molecule has 128 valence electrons. The van der Waals surface area contributed by atoms with E-state index in [1.807, 2.05) is 0 Å². The molecule has 4 nitrogen and oxygen atoms in total. The first-order chi connectivity index (χ1) is 11.3. The number of carbonyl (C=O) groups excluding carboxylic acids is 1. The SMILES string of the molecule is Cc1ncc2[nH]c(C(=O)N[C@H]3C[C@H]4C[C@@H]([C@@H]3C)C4(C)C)cc2c1F. The summed E-state index contributed by atoms with van der Waals surface area (Å²) in [5.41, 5.74) is 1.70. The average Bonchev–Trinajstić information content (AvgIpc) is 2.97. The Hall–Kier alpha value is -1.91. The predicted octanol–water partition coefficient (Wildman–Crippen LogP) is 3.81. The van der Waals surface area contributed by atoms with Gasteiger partial charge in [0.2, 0.25) is 0 Å². The lowest BCUT2D eigenvalue weighted by Gasteiger charge is -2.62. The van der Waals surface area contributed by atoms with Crippen molar-refractivity contribution in [1.29, 1.82) is 0 Å². The zero-order valence-corrected chi connectivity index (χ0v) is 14.6. The molecule has 2 bridgehead atoms. The lowest BCUT2D eigenvalue weighted by molar-refractivity contribution is -0.113. The number of hydrogen-bond donors (Lipinski definition) is 2. The van der Waals surface area contributed by atoms with E-state index in [0.29, 0.717) is 45.5 Å². The number of pyridine rings is 1. The molecule has 0 radical (unpaired) electrons. The Morgan fingerprint density at radius 2 is 2.17 bits per heavy atom. The van der Waals surface area contributed by atoms with Gasteiger partial charge in [0.15, 0.2) is 5.82 Å². The van der Waals surface area contributed by atoms with Crippen LogP contribution in [0.3, 0.4) is 0 Å². The summed E-state index contributed by atoms with van der Waals surface area (Å²) < 4.78 is 14.1. The molecule has 5 rings (SSSR count). The smallest absolute Gasteiger partial charge is 0.267 e. The average molecular weight is 329 g/mol. The number of hydrogen-bond acceptors (Lipinski definition) is 2. The van der Waals surface area contributed by atoms with Gasteiger partial charge in [-0.2, -0.15) is 0 Å². The minimum absolute atomic E-state index is 0.154. The second kappa shape index (κ2) is 5.04. The third kappa shape index (κ3) is 2.10. The van der Waals surface area contributed by atoms with Crippen LogP contribution in [0, 0.1) is 35.9 Å². The number of nitrogens with zero attached hydrogens (tertiary/aromatic N) is 1. The van der Waals surface area contributed by atoms with Crippen LogP contribution in [0.2, 0.25) is 0 Å². The molecule has 2 N–H and O–H groups in total. The van der Waals surface area contributed by atoms with Crippen LogP contribution in [0.4, 0.5) is 4.39 Å². The van der Waals surface area contributed by atoms with Gasteiger partial charge in [0, 0.05) is 11.4 Å². The predicted molar refractivity (Wildman–Crippen MR) is 91.2 cm³/mol. The van der Waals surface area contributed by atoms with Gasteiger partial charge in [0.25, 0.3) is 5.91 Å². The maximum absolute atomic E-state index is 14.1. The highest BCUT2D eigenvalue weighted by atomic mass is 19.1. The normalized spacial score (nSPS) is 30.9. The summed E-state index contributed by atoms with van der Waals surface area (Å²) in [5.74, 6) is 1.32. The Morgan fingerprint density at radius 3 is 2.83 bits per heavy atom. The fourth-order valence-electron chi connectivity index (χ4n) is 4.88. The summed E-state index contributed by atoms with van der Waals surface area (Å²) in [6.45, 7) is 8.55. The van der Waals surface area contributed by atoms with E-state index in [4.69, 9.17) is 0 Å². The van der Waals surface area contributed by atoms with Crippen molar-refractivity contribution in [1.82, 2.24) is 15.3 Å². The minimum Gasteiger partial charge on any atom is -0.349 e. The van der Waals surface area contributed by atoms with Crippen molar-refractivity contribution in [2.45, 2.75) is 46.6 Å². The summed E-state index contributed by atoms with van der Waals surface area (Å²) in [4.78, 5) is 19.6. The lowest BCUT2D eigenvalue weighted by atomic mass is 9.45. The second-order valence-corrected chi connectivity index (χ2v) is 8.20. The van der Waals surface area contributed by atoms with Crippen LogP contribution in [0.1, 0.15) is 49.8 Å². The number of amides is 1. The van der Waals surface area contributed by atoms with Gasteiger partial charge in [-0.15, -0.1) is 0 Å². The number of rotatable bonds is 2. The number of halogens is 1. The Kier molecular flexibility index (Phi) is 3.28. The van der Waals surface area contributed by atoms with Gasteiger partial charge < -0.3 is 10.3 Å². The molecule has 0 aliphatic heterocycles. The summed E-state index contributed by atoms with van der Waals surface area (Å²) in [6, 6.07) is 1.79. The van der Waals surface area contributed by atoms with Gasteiger partial charge in [-0.1, -0.05) is 20.8 Å². The number of H-pyrrole nitrogens is 1. The van der Waals surface area contributed by atoms with E-state index in [2.05, 4.69) is 36.1 Å². The largest absolute Gasteiger partial charge is 0.349 e. The van der Waals surface area contributed by atoms with Crippen molar-refractivity contribution in [2.75, 3.05) is 0 Å². The fraction of sp³-hybridized carbons (Fsp3) is 0.579. The molecular formula is C19H24FN3O. The van der Waals surface area contributed by atoms with Crippen LogP contribution in [-0.4, -0.2) is 21.9 Å². The Labute approximate surface area is 141 Å². The first-order valence-electron chi connectivity index (χ1n) is 8.73. The number of nitrogens with one attached hydrogen (secondary N) is 2. The van der Waals surface area contributed by atoms with Crippen LogP contribution in [0.25, 0.3) is 10.9 Å². The van der Waals surface area contributed by atoms with Crippen molar-refractivity contribution < 1.29 is 9.18 Å². The maximum Gasteiger partial charge on any atom is 0.267 e. The second-order valence-electron chi connectivity index (χ2n) is 8.20. The number of aromatic amines is 1. The maximum atomic E-state index is 14.1. The molecular weight excluding hydrogens is 305 g/mol. The summed E-state index contributed by atoms with van der Waals surface area (Å²) in [7, 11) is 0. The fourth-order valence-corrected chi connectivity index (χ4v) is 4.88. The van der Waals surface area contributed by atoms with Crippen LogP contribution >= 0.6 is 0 Å². The highest BCUT2D eigenvalue weighted by Gasteiger charge is 2.56. The molecule has 3 aliphatic carbocycles. The molecule has 0 aromatic carbocycles. The van der Waals surface area contributed by atoms with Crippen LogP contribution in [0.5, 0.6) is 0 Å². The molecule has 0 unspecified atom stereocenters. The van der Waals surface area contributed by atoms with Gasteiger partial charge in [-0.25, -0.2) is 4.39 Å². The molecule has 2 aromatic rings. The number of aryl methyl sites for hydroxylation is 1. The van der Waals surface area contributed by atoms with Gasteiger partial charge >= 0.3 is 0 Å². The van der Waals surface area contributed by atoms with Crippen LogP contribution < -0.4 is 5.32 Å². The van der Waals surface area contributed by atoms with Crippen LogP contribution in [-0.2, 0) is 0 Å². The van der Waals surface area contributed by atoms with Crippen molar-refractivity contribution in [3.8, 4) is 0 Å². The Morgan fingerprint density at radius 1 is 1.42 bits per heavy atom. The summed E-state index contributed by atoms with van der Waals surface area (Å²) in [6.07, 6.45) is 3.89. The van der Waals surface area contributed by atoms with Gasteiger partial charge in [0.05, 0.1) is 17.4 Å². The van der Waals surface area contributed by atoms with E-state index >= 15 is 0 Å². The van der Waals surface area contributed by atoms with Crippen molar-refractivity contribution in [3.05, 3.63) is 29.5 Å². The van der Waals surface area contributed by atoms with Crippen molar-refractivity contribution in [3.63, 3.8) is 0 Å². The molecule has 3 fully saturated rings. The Bertz CT molecular complexity index is 825. The van der Waals surface area contributed by atoms with E-state index in [1.165, 1.54) is 6.42 Å². The van der Waals surface area contributed by atoms with E-state index in [-0.39, 0.29) is 17.8 Å². The minimum atomic E-state index is -0.364. The topological polar surface area (TPSA) is 57.8 Å². The Balaban J connectivity index is 1.54. The molecule has 4 atom stereocenters. The first-order valence-corrected chi connectivity index (χ1v) is 8.73. The van der Waals surface area contributed by atoms with E-state index in [9.17, 15) is 9.18 Å². The third-order valence-electron chi connectivity index (χ3n) is 6.70. The van der Waals surface area contributed by atoms with Gasteiger partial charge in [-0.05, 0) is 49.0 Å². The molecule has 0 saturated heterocycles. The standard InChI is InChI=1S/C19H24FN3O/c1-9-13-5-11(19(13,3)4)6-14(9)23-18(24)15-7-12-16(22-15)8-21-10(2)17(12)20/h7-9,11,13-14,22H,5-6H2,1-4H3,(H,23,24)/t9-,11+,13-,14-/m0/s1. The summed E-state index contributed by atoms with van der Waals surface area (Å²) >= 11 is 0. The number of fused-ring (bicyclic) bond motifs is 3. The first kappa shape index (κ1) is 15.6. The van der Waals surface area contributed by atoms with Crippen molar-refractivity contribution in [2.24, 2.45) is 23.2 Å². The van der Waals surface area contributed by atoms with Crippen molar-refractivity contribution >= 4 is 16.8 Å². The molecule has 3 aliphatic rings. The molecule has 1 amide bonds. The zero-order chi connectivity index (χ0) is 17.2. The molecule has 5 heteroatoms. The molecule has 2 aromatic heterocycles. The van der Waals surface area contributed by atoms with Gasteiger partial charge in [-0.3, -0.25) is 9.78 Å². The van der Waals surface area contributed by atoms with E-state index in [1.54, 1.807) is 19.2 Å². The highest BCUT2D eigenvalue weighted by molar-refractivity contribution is 5.98. The summed E-state index contributed by atoms with van der Waals surface area (Å²) in [5, 5.41) is 3.59. The molecule has 0 spiro atoms. The monoisotopic (exact) mass is 329 g/mol. The van der Waals surface area contributed by atoms with E-state index in [0.717, 1.165) is 6.42 Å². The number of carbonyl (C=O) groups is 1. The highest BCUT2D eigenvalue weighted by Crippen LogP contribution is 2.61. The zero-order valence-electron chi connectivity index (χ0n) is 14.6. The molecule has 24 heavy (non-hydrogen) atoms.